The molecule has 47 heavy (non-hydrogen) atoms. The first-order chi connectivity index (χ1) is 22.1. The van der Waals surface area contributed by atoms with Crippen molar-refractivity contribution in [1.29, 1.82) is 0 Å². The summed E-state index contributed by atoms with van der Waals surface area (Å²) in [6.07, 6.45) is 14.5. The summed E-state index contributed by atoms with van der Waals surface area (Å²) in [6.45, 7) is 23.2. The van der Waals surface area contributed by atoms with Crippen LogP contribution in [-0.4, -0.2) is 59.4 Å². The van der Waals surface area contributed by atoms with Gasteiger partial charge in [0, 0.05) is 13.6 Å². The minimum Gasteiger partial charge on any atom is -0.465 e. The maximum absolute atomic E-state index is 14.8. The molecule has 1 aromatic carbocycles. The number of hydrogen-bond acceptors (Lipinski definition) is 5. The van der Waals surface area contributed by atoms with Crippen LogP contribution in [0.1, 0.15) is 119 Å². The van der Waals surface area contributed by atoms with E-state index < -0.39 is 5.66 Å². The lowest BCUT2D eigenvalue weighted by Crippen LogP contribution is -2.55. The topological polar surface area (TPSA) is 62.2 Å². The largest absolute Gasteiger partial charge is 0.465 e. The Bertz CT molecular complexity index is 1290. The molecule has 1 fully saturated rings. The highest BCUT2D eigenvalue weighted by atomic mass is 16.5. The van der Waals surface area contributed by atoms with Gasteiger partial charge in [0.25, 0.3) is 5.91 Å². The van der Waals surface area contributed by atoms with Gasteiger partial charge in [-0.1, -0.05) is 111 Å². The van der Waals surface area contributed by atoms with Gasteiger partial charge >= 0.3 is 5.97 Å². The standard InChI is InChI=1S/C41H63N3O3/c1-11-16-33(20-19-31(3)30-36(45)47-29-12-2)35(23-25-39(4,5)6)44-38(46)37(43(10)28-24-32-17-14-13-15-18-32)42-41(44)26-21-34(22-27-41)40(7,8)9/h13-20,34-35H,3,11-12,21-30H2,1-2,4-10H3/b20-19-,33-16+. The molecule has 1 amide bonds. The Morgan fingerprint density at radius 2 is 1.77 bits per heavy atom. The number of likely N-dealkylation sites (N-methyl/N-ethyl adjacent to an activating group) is 1. The van der Waals surface area contributed by atoms with Crippen molar-refractivity contribution >= 4 is 17.7 Å². The first-order valence-corrected chi connectivity index (χ1v) is 18.0. The molecule has 1 unspecified atom stereocenters. The molecule has 0 N–H and O–H groups in total. The van der Waals surface area contributed by atoms with Gasteiger partial charge in [-0.05, 0) is 91.2 Å². The highest BCUT2D eigenvalue weighted by Gasteiger charge is 2.53. The van der Waals surface area contributed by atoms with Gasteiger partial charge in [-0.15, -0.1) is 0 Å². The average Bonchev–Trinajstić information content (AvgIpc) is 3.28. The Morgan fingerprint density at radius 3 is 2.34 bits per heavy atom. The fraction of sp³-hybridized carbons (Fsp3) is 0.634. The predicted octanol–water partition coefficient (Wildman–Crippen LogP) is 9.32. The zero-order valence-corrected chi connectivity index (χ0v) is 31.0. The fourth-order valence-electron chi connectivity index (χ4n) is 6.91. The van der Waals surface area contributed by atoms with Crippen molar-refractivity contribution in [2.45, 2.75) is 131 Å². The summed E-state index contributed by atoms with van der Waals surface area (Å²) in [4.78, 5) is 36.8. The lowest BCUT2D eigenvalue weighted by atomic mass is 9.69. The van der Waals surface area contributed by atoms with Gasteiger partial charge in [-0.3, -0.25) is 9.59 Å². The number of benzene rings is 1. The molecule has 1 spiro atoms. The third-order valence-corrected chi connectivity index (χ3v) is 9.78. The quantitative estimate of drug-likeness (QED) is 0.149. The molecule has 1 heterocycles. The van der Waals surface area contributed by atoms with E-state index >= 15 is 0 Å². The van der Waals surface area contributed by atoms with Crippen LogP contribution in [0.4, 0.5) is 0 Å². The Hall–Kier alpha value is -3.15. The molecule has 1 aliphatic carbocycles. The Kier molecular flexibility index (Phi) is 13.7. The Balaban J connectivity index is 2.01. The number of carbonyl (C=O) groups is 2. The number of ether oxygens (including phenoxy) is 1. The molecule has 6 heteroatoms. The van der Waals surface area contributed by atoms with E-state index in [9.17, 15) is 9.59 Å². The van der Waals surface area contributed by atoms with E-state index in [1.165, 1.54) is 5.56 Å². The van der Waals surface area contributed by atoms with Crippen LogP contribution < -0.4 is 0 Å². The molecular formula is C41H63N3O3. The van der Waals surface area contributed by atoms with Crippen molar-refractivity contribution in [1.82, 2.24) is 9.80 Å². The summed E-state index contributed by atoms with van der Waals surface area (Å²) in [6, 6.07) is 10.3. The molecule has 1 atom stereocenters. The molecular weight excluding hydrogens is 582 g/mol. The lowest BCUT2D eigenvalue weighted by Gasteiger charge is -2.48. The monoisotopic (exact) mass is 645 g/mol. The van der Waals surface area contributed by atoms with Crippen LogP contribution in [0.3, 0.4) is 0 Å². The van der Waals surface area contributed by atoms with Crippen molar-refractivity contribution in [3.63, 3.8) is 0 Å². The molecule has 1 aromatic rings. The van der Waals surface area contributed by atoms with Crippen molar-refractivity contribution in [2.75, 3.05) is 20.2 Å². The summed E-state index contributed by atoms with van der Waals surface area (Å²) in [7, 11) is 2.02. The number of carbonyl (C=O) groups excluding carboxylic acids is 2. The average molecular weight is 646 g/mol. The van der Waals surface area contributed by atoms with Gasteiger partial charge in [-0.2, -0.15) is 0 Å². The van der Waals surface area contributed by atoms with E-state index in [0.29, 0.717) is 23.9 Å². The van der Waals surface area contributed by atoms with Crippen LogP contribution in [0.5, 0.6) is 0 Å². The molecule has 0 bridgehead atoms. The molecule has 2 aliphatic rings. The smallest absolute Gasteiger partial charge is 0.310 e. The molecule has 0 saturated heterocycles. The van der Waals surface area contributed by atoms with E-state index in [1.54, 1.807) is 0 Å². The summed E-state index contributed by atoms with van der Waals surface area (Å²) >= 11 is 0. The van der Waals surface area contributed by atoms with E-state index in [2.05, 4.69) is 101 Å². The summed E-state index contributed by atoms with van der Waals surface area (Å²) in [5.74, 6) is 0.951. The number of rotatable bonds is 14. The number of hydrogen-bond donors (Lipinski definition) is 0. The van der Waals surface area contributed by atoms with Gasteiger partial charge in [0.1, 0.15) is 5.66 Å². The molecule has 6 nitrogen and oxygen atoms in total. The Labute approximate surface area is 286 Å². The van der Waals surface area contributed by atoms with Gasteiger partial charge in [0.2, 0.25) is 0 Å². The van der Waals surface area contributed by atoms with Crippen LogP contribution in [0.25, 0.3) is 0 Å². The molecule has 260 valence electrons. The Morgan fingerprint density at radius 1 is 1.11 bits per heavy atom. The van der Waals surface area contributed by atoms with Crippen molar-refractivity contribution in [3.05, 3.63) is 71.8 Å². The van der Waals surface area contributed by atoms with E-state index in [1.807, 2.05) is 26.1 Å². The van der Waals surface area contributed by atoms with Crippen LogP contribution in [-0.2, 0) is 20.7 Å². The molecule has 0 aromatic heterocycles. The van der Waals surface area contributed by atoms with E-state index in [4.69, 9.17) is 9.73 Å². The third-order valence-electron chi connectivity index (χ3n) is 9.78. The van der Waals surface area contributed by atoms with Crippen molar-refractivity contribution in [3.8, 4) is 0 Å². The van der Waals surface area contributed by atoms with Gasteiger partial charge < -0.3 is 14.5 Å². The van der Waals surface area contributed by atoms with Crippen LogP contribution in [0, 0.1) is 16.7 Å². The second-order valence-corrected chi connectivity index (χ2v) is 16.0. The first-order valence-electron chi connectivity index (χ1n) is 18.0. The highest BCUT2D eigenvalue weighted by Crippen LogP contribution is 2.48. The normalized spacial score (nSPS) is 21.3. The number of allylic oxidation sites excluding steroid dienone is 2. The maximum atomic E-state index is 14.8. The summed E-state index contributed by atoms with van der Waals surface area (Å²) in [5, 5.41) is 0. The van der Waals surface area contributed by atoms with E-state index in [0.717, 1.165) is 69.9 Å². The minimum absolute atomic E-state index is 0.0334. The fourth-order valence-corrected chi connectivity index (χ4v) is 6.91. The molecule has 1 saturated carbocycles. The SMILES string of the molecule is C=C(/C=C\C(=C/CC)C(CCC(C)(C)C)N1C(=O)C(N(C)CCc2ccccc2)=NC12CCC(C(C)(C)C)CC2)CC(=O)OCCC. The van der Waals surface area contributed by atoms with Crippen LogP contribution in [0.15, 0.2) is 71.3 Å². The highest BCUT2D eigenvalue weighted by molar-refractivity contribution is 6.39. The number of aliphatic imine (C=N–C) groups is 1. The van der Waals surface area contributed by atoms with Crippen LogP contribution in [0.2, 0.25) is 0 Å². The maximum Gasteiger partial charge on any atom is 0.310 e. The minimum atomic E-state index is -0.570. The van der Waals surface area contributed by atoms with Gasteiger partial charge in [0.15, 0.2) is 5.84 Å². The molecule has 1 aliphatic heterocycles. The third kappa shape index (κ3) is 10.9. The predicted molar refractivity (Wildman–Crippen MR) is 196 cm³/mol. The number of amidine groups is 1. The second kappa shape index (κ2) is 16.8. The van der Waals surface area contributed by atoms with Gasteiger partial charge in [0.05, 0.1) is 19.1 Å². The number of amides is 1. The summed E-state index contributed by atoms with van der Waals surface area (Å²) < 4.78 is 5.30. The zero-order valence-electron chi connectivity index (χ0n) is 31.0. The molecule has 3 rings (SSSR count). The van der Waals surface area contributed by atoms with E-state index in [-0.39, 0.29) is 35.2 Å². The molecule has 0 radical (unpaired) electrons. The lowest BCUT2D eigenvalue weighted by molar-refractivity contribution is -0.142. The first kappa shape index (κ1) is 38.3. The van der Waals surface area contributed by atoms with Gasteiger partial charge in [-0.25, -0.2) is 4.99 Å². The van der Waals surface area contributed by atoms with Crippen LogP contribution >= 0.6 is 0 Å². The zero-order chi connectivity index (χ0) is 34.8. The second-order valence-electron chi connectivity index (χ2n) is 16.0. The van der Waals surface area contributed by atoms with Crippen molar-refractivity contribution < 1.29 is 14.3 Å². The number of nitrogens with zero attached hydrogens (tertiary/aromatic N) is 3. The summed E-state index contributed by atoms with van der Waals surface area (Å²) in [5.41, 5.74) is 2.79. The van der Waals surface area contributed by atoms with Crippen molar-refractivity contribution in [2.24, 2.45) is 21.7 Å². The number of esters is 1.